The Bertz CT molecular complexity index is 640. The second kappa shape index (κ2) is 6.72. The third kappa shape index (κ3) is 3.82. The highest BCUT2D eigenvalue weighted by Crippen LogP contribution is 2.23. The topological polar surface area (TPSA) is 35.5 Å². The molecule has 0 saturated carbocycles. The molecule has 0 spiro atoms. The van der Waals surface area contributed by atoms with Crippen molar-refractivity contribution in [2.75, 3.05) is 7.11 Å². The van der Waals surface area contributed by atoms with Gasteiger partial charge in [0.2, 0.25) is 5.78 Å². The van der Waals surface area contributed by atoms with Gasteiger partial charge in [-0.3, -0.25) is 4.79 Å². The quantitative estimate of drug-likeness (QED) is 0.754. The van der Waals surface area contributed by atoms with E-state index in [9.17, 15) is 9.18 Å². The summed E-state index contributed by atoms with van der Waals surface area (Å²) in [5, 5.41) is 0. The monoisotopic (exact) mass is 352 g/mol. The van der Waals surface area contributed by atoms with E-state index in [-0.39, 0.29) is 11.5 Å². The second-order valence-corrected chi connectivity index (χ2v) is 5.34. The molecule has 21 heavy (non-hydrogen) atoms. The third-order valence-corrected chi connectivity index (χ3v) is 3.43. The molecule has 0 radical (unpaired) electrons. The van der Waals surface area contributed by atoms with Crippen LogP contribution in [0.5, 0.6) is 11.5 Å². The summed E-state index contributed by atoms with van der Waals surface area (Å²) in [6.07, 6.45) is -0.783. The first-order chi connectivity index (χ1) is 10.0. The SMILES string of the molecule is COc1ccc(C(=O)C(C)Oc2ccc(Br)cc2F)cc1. The normalized spacial score (nSPS) is 11.8. The Labute approximate surface area is 130 Å². The van der Waals surface area contributed by atoms with Gasteiger partial charge in [0.1, 0.15) is 5.75 Å². The van der Waals surface area contributed by atoms with Crippen LogP contribution in [0.15, 0.2) is 46.9 Å². The summed E-state index contributed by atoms with van der Waals surface area (Å²) in [5.74, 6) is -0.0228. The molecule has 0 aliphatic rings. The van der Waals surface area contributed by atoms with Crippen molar-refractivity contribution in [3.8, 4) is 11.5 Å². The number of hydrogen-bond donors (Lipinski definition) is 0. The molecule has 0 aromatic heterocycles. The van der Waals surface area contributed by atoms with Crippen LogP contribution in [0.1, 0.15) is 17.3 Å². The maximum Gasteiger partial charge on any atom is 0.202 e. The van der Waals surface area contributed by atoms with Crippen LogP contribution in [-0.2, 0) is 0 Å². The van der Waals surface area contributed by atoms with Crippen molar-refractivity contribution in [3.05, 3.63) is 58.3 Å². The van der Waals surface area contributed by atoms with Crippen molar-refractivity contribution in [1.82, 2.24) is 0 Å². The van der Waals surface area contributed by atoms with Gasteiger partial charge in [-0.2, -0.15) is 0 Å². The lowest BCUT2D eigenvalue weighted by molar-refractivity contribution is 0.0812. The molecule has 5 heteroatoms. The summed E-state index contributed by atoms with van der Waals surface area (Å²) in [4.78, 5) is 12.2. The minimum absolute atomic E-state index is 0.0487. The predicted molar refractivity (Wildman–Crippen MR) is 81.5 cm³/mol. The van der Waals surface area contributed by atoms with E-state index in [4.69, 9.17) is 9.47 Å². The van der Waals surface area contributed by atoms with Gasteiger partial charge in [0, 0.05) is 10.0 Å². The summed E-state index contributed by atoms with van der Waals surface area (Å²) in [6, 6.07) is 11.1. The molecule has 0 N–H and O–H groups in total. The van der Waals surface area contributed by atoms with Gasteiger partial charge < -0.3 is 9.47 Å². The van der Waals surface area contributed by atoms with Crippen LogP contribution in [0.3, 0.4) is 0 Å². The van der Waals surface area contributed by atoms with Crippen molar-refractivity contribution in [2.45, 2.75) is 13.0 Å². The Kier molecular flexibility index (Phi) is 4.96. The zero-order valence-electron chi connectivity index (χ0n) is 11.6. The molecule has 1 unspecified atom stereocenters. The maximum absolute atomic E-state index is 13.7. The highest BCUT2D eigenvalue weighted by atomic mass is 79.9. The molecule has 2 rings (SSSR count). The van der Waals surface area contributed by atoms with Crippen LogP contribution in [-0.4, -0.2) is 19.0 Å². The van der Waals surface area contributed by atoms with E-state index in [0.717, 1.165) is 0 Å². The van der Waals surface area contributed by atoms with E-state index in [2.05, 4.69) is 15.9 Å². The molecule has 0 heterocycles. The number of halogens is 2. The van der Waals surface area contributed by atoms with Gasteiger partial charge in [0.15, 0.2) is 17.7 Å². The van der Waals surface area contributed by atoms with Crippen molar-refractivity contribution < 1.29 is 18.7 Å². The lowest BCUT2D eigenvalue weighted by atomic mass is 10.1. The van der Waals surface area contributed by atoms with Crippen LogP contribution in [0.2, 0.25) is 0 Å². The minimum Gasteiger partial charge on any atom is -0.497 e. The number of benzene rings is 2. The average Bonchev–Trinajstić information content (AvgIpc) is 2.49. The maximum atomic E-state index is 13.7. The number of ketones is 1. The van der Waals surface area contributed by atoms with Gasteiger partial charge in [0.05, 0.1) is 7.11 Å². The number of ether oxygens (including phenoxy) is 2. The van der Waals surface area contributed by atoms with Crippen molar-refractivity contribution in [3.63, 3.8) is 0 Å². The highest BCUT2D eigenvalue weighted by Gasteiger charge is 2.18. The predicted octanol–water partition coefficient (Wildman–Crippen LogP) is 4.25. The Morgan fingerprint density at radius 3 is 2.43 bits per heavy atom. The van der Waals surface area contributed by atoms with Crippen molar-refractivity contribution in [1.29, 1.82) is 0 Å². The van der Waals surface area contributed by atoms with Crippen LogP contribution < -0.4 is 9.47 Å². The first-order valence-corrected chi connectivity index (χ1v) is 7.10. The van der Waals surface area contributed by atoms with Gasteiger partial charge >= 0.3 is 0 Å². The molecule has 0 aliphatic heterocycles. The number of carbonyl (C=O) groups is 1. The van der Waals surface area contributed by atoms with E-state index >= 15 is 0 Å². The van der Waals surface area contributed by atoms with Crippen LogP contribution in [0, 0.1) is 5.82 Å². The smallest absolute Gasteiger partial charge is 0.202 e. The van der Waals surface area contributed by atoms with E-state index in [0.29, 0.717) is 15.8 Å². The standard InChI is InChI=1S/C16H14BrFO3/c1-10(21-15-8-5-12(17)9-14(15)18)16(19)11-3-6-13(20-2)7-4-11/h3-10H,1-2H3. The van der Waals surface area contributed by atoms with Crippen LogP contribution in [0.25, 0.3) is 0 Å². The van der Waals surface area contributed by atoms with E-state index < -0.39 is 11.9 Å². The molecule has 0 saturated heterocycles. The molecule has 1 atom stereocenters. The number of methoxy groups -OCH3 is 1. The molecule has 3 nitrogen and oxygen atoms in total. The Balaban J connectivity index is 2.11. The molecule has 2 aromatic rings. The first kappa shape index (κ1) is 15.5. The number of hydrogen-bond acceptors (Lipinski definition) is 3. The molecule has 0 amide bonds. The number of carbonyl (C=O) groups excluding carboxylic acids is 1. The van der Waals surface area contributed by atoms with Gasteiger partial charge in [-0.25, -0.2) is 4.39 Å². The zero-order valence-corrected chi connectivity index (χ0v) is 13.2. The fourth-order valence-electron chi connectivity index (χ4n) is 1.80. The summed E-state index contributed by atoms with van der Waals surface area (Å²) in [7, 11) is 1.55. The molecule has 110 valence electrons. The molecule has 0 fully saturated rings. The molecule has 0 aliphatic carbocycles. The minimum atomic E-state index is -0.783. The van der Waals surface area contributed by atoms with Gasteiger partial charge in [-0.15, -0.1) is 0 Å². The highest BCUT2D eigenvalue weighted by molar-refractivity contribution is 9.10. The first-order valence-electron chi connectivity index (χ1n) is 6.31. The summed E-state index contributed by atoms with van der Waals surface area (Å²) in [5.41, 5.74) is 0.487. The van der Waals surface area contributed by atoms with E-state index in [1.54, 1.807) is 44.4 Å². The Morgan fingerprint density at radius 1 is 1.19 bits per heavy atom. The van der Waals surface area contributed by atoms with E-state index in [1.807, 2.05) is 0 Å². The molecule has 0 bridgehead atoms. The molecule has 2 aromatic carbocycles. The fourth-order valence-corrected chi connectivity index (χ4v) is 2.14. The van der Waals surface area contributed by atoms with E-state index in [1.165, 1.54) is 12.1 Å². The molecular weight excluding hydrogens is 339 g/mol. The molecular formula is C16H14BrFO3. The zero-order chi connectivity index (χ0) is 15.4. The summed E-state index contributed by atoms with van der Waals surface area (Å²) >= 11 is 3.17. The van der Waals surface area contributed by atoms with Crippen LogP contribution in [0.4, 0.5) is 4.39 Å². The largest absolute Gasteiger partial charge is 0.497 e. The van der Waals surface area contributed by atoms with Gasteiger partial charge in [0.25, 0.3) is 0 Å². The van der Waals surface area contributed by atoms with Crippen LogP contribution >= 0.6 is 15.9 Å². The number of Topliss-reactive ketones (excluding diaryl/α,β-unsaturated/α-hetero) is 1. The van der Waals surface area contributed by atoms with Crippen molar-refractivity contribution >= 4 is 21.7 Å². The Hall–Kier alpha value is -1.88. The van der Waals surface area contributed by atoms with Gasteiger partial charge in [-0.1, -0.05) is 15.9 Å². The summed E-state index contributed by atoms with van der Waals surface area (Å²) < 4.78 is 24.7. The lowest BCUT2D eigenvalue weighted by Crippen LogP contribution is -2.24. The Morgan fingerprint density at radius 2 is 1.86 bits per heavy atom. The number of rotatable bonds is 5. The van der Waals surface area contributed by atoms with Gasteiger partial charge in [-0.05, 0) is 49.4 Å². The fraction of sp³-hybridized carbons (Fsp3) is 0.188. The summed E-state index contributed by atoms with van der Waals surface area (Å²) in [6.45, 7) is 1.59. The second-order valence-electron chi connectivity index (χ2n) is 4.43. The average molecular weight is 353 g/mol. The third-order valence-electron chi connectivity index (χ3n) is 2.94. The lowest BCUT2D eigenvalue weighted by Gasteiger charge is -2.14. The van der Waals surface area contributed by atoms with Crippen molar-refractivity contribution in [2.24, 2.45) is 0 Å².